The smallest absolute Gasteiger partial charge is 0.416 e. The van der Waals surface area contributed by atoms with Gasteiger partial charge in [-0.1, -0.05) is 12.1 Å². The number of ketones is 1. The van der Waals surface area contributed by atoms with Crippen LogP contribution >= 0.6 is 0 Å². The van der Waals surface area contributed by atoms with E-state index < -0.39 is 51.3 Å². The molecule has 0 aromatic heterocycles. The zero-order valence-corrected chi connectivity index (χ0v) is 16.5. The van der Waals surface area contributed by atoms with Crippen molar-refractivity contribution in [2.45, 2.75) is 44.2 Å². The summed E-state index contributed by atoms with van der Waals surface area (Å²) in [5.41, 5.74) is -1.49. The SMILES string of the molecule is CNC(=O)OCc1ccc(OS(=O)(=O)C2CCCC=C2C(C)=O)cc1C(F)(F)F. The van der Waals surface area contributed by atoms with E-state index in [0.29, 0.717) is 18.9 Å². The quantitative estimate of drug-likeness (QED) is 0.689. The molecule has 0 fully saturated rings. The monoisotopic (exact) mass is 435 g/mol. The van der Waals surface area contributed by atoms with Crippen molar-refractivity contribution >= 4 is 22.0 Å². The van der Waals surface area contributed by atoms with Crippen LogP contribution in [-0.2, 0) is 32.4 Å². The molecule has 0 spiro atoms. The predicted molar refractivity (Wildman–Crippen MR) is 96.6 cm³/mol. The van der Waals surface area contributed by atoms with Gasteiger partial charge in [-0.25, -0.2) is 4.79 Å². The Hall–Kier alpha value is -2.56. The van der Waals surface area contributed by atoms with Crippen LogP contribution in [0.2, 0.25) is 0 Å². The lowest BCUT2D eigenvalue weighted by Gasteiger charge is -2.23. The largest absolute Gasteiger partial charge is 0.445 e. The second kappa shape index (κ2) is 8.85. The summed E-state index contributed by atoms with van der Waals surface area (Å²) in [5, 5.41) is 0.869. The summed E-state index contributed by atoms with van der Waals surface area (Å²) in [6.45, 7) is 0.560. The van der Waals surface area contributed by atoms with E-state index >= 15 is 0 Å². The van der Waals surface area contributed by atoms with Crippen LogP contribution in [0.3, 0.4) is 0 Å². The number of alkyl carbamates (subject to hydrolysis) is 1. The van der Waals surface area contributed by atoms with Crippen molar-refractivity contribution in [2.24, 2.45) is 0 Å². The van der Waals surface area contributed by atoms with Gasteiger partial charge in [0.05, 0.1) is 5.56 Å². The summed E-state index contributed by atoms with van der Waals surface area (Å²) in [6, 6.07) is 2.54. The van der Waals surface area contributed by atoms with Crippen molar-refractivity contribution in [3.05, 3.63) is 41.0 Å². The van der Waals surface area contributed by atoms with Crippen molar-refractivity contribution in [3.63, 3.8) is 0 Å². The third kappa shape index (κ3) is 5.72. The number of ether oxygens (including phenoxy) is 1. The molecule has 11 heteroatoms. The molecule has 1 aromatic carbocycles. The van der Waals surface area contributed by atoms with Crippen LogP contribution in [0.4, 0.5) is 18.0 Å². The van der Waals surface area contributed by atoms with Gasteiger partial charge < -0.3 is 14.2 Å². The highest BCUT2D eigenvalue weighted by Crippen LogP contribution is 2.36. The number of carbonyl (C=O) groups is 2. The van der Waals surface area contributed by atoms with Gasteiger partial charge in [0.2, 0.25) is 0 Å². The highest BCUT2D eigenvalue weighted by atomic mass is 32.2. The number of allylic oxidation sites excluding steroid dienone is 1. The highest BCUT2D eigenvalue weighted by molar-refractivity contribution is 7.88. The summed E-state index contributed by atoms with van der Waals surface area (Å²) in [4.78, 5) is 22.8. The average molecular weight is 435 g/mol. The number of rotatable bonds is 6. The van der Waals surface area contributed by atoms with E-state index in [9.17, 15) is 31.2 Å². The van der Waals surface area contributed by atoms with E-state index in [0.717, 1.165) is 12.1 Å². The minimum Gasteiger partial charge on any atom is -0.445 e. The summed E-state index contributed by atoms with van der Waals surface area (Å²) >= 11 is 0. The summed E-state index contributed by atoms with van der Waals surface area (Å²) in [6.07, 6.45) is -3.05. The lowest BCUT2D eigenvalue weighted by Crippen LogP contribution is -2.32. The molecule has 0 heterocycles. The number of halogens is 3. The fourth-order valence-corrected chi connectivity index (χ4v) is 4.44. The van der Waals surface area contributed by atoms with Crippen LogP contribution in [-0.4, -0.2) is 32.6 Å². The van der Waals surface area contributed by atoms with Crippen LogP contribution in [0.15, 0.2) is 29.8 Å². The molecule has 2 rings (SSSR count). The third-order valence-corrected chi connectivity index (χ3v) is 5.91. The van der Waals surface area contributed by atoms with Gasteiger partial charge in [0, 0.05) is 18.2 Å². The topological polar surface area (TPSA) is 98.8 Å². The molecule has 1 unspecified atom stereocenters. The Morgan fingerprint density at radius 3 is 2.55 bits per heavy atom. The second-order valence-electron chi connectivity index (χ2n) is 6.35. The van der Waals surface area contributed by atoms with Gasteiger partial charge in [-0.3, -0.25) is 4.79 Å². The molecule has 1 N–H and O–H groups in total. The van der Waals surface area contributed by atoms with E-state index in [1.54, 1.807) is 0 Å². The lowest BCUT2D eigenvalue weighted by molar-refractivity contribution is -0.138. The Kier molecular flexibility index (Phi) is 6.93. The first-order valence-corrected chi connectivity index (χ1v) is 10.1. The molecule has 160 valence electrons. The van der Waals surface area contributed by atoms with Gasteiger partial charge in [0.15, 0.2) is 5.78 Å². The molecule has 1 aliphatic rings. The van der Waals surface area contributed by atoms with Crippen LogP contribution in [0.25, 0.3) is 0 Å². The van der Waals surface area contributed by atoms with Crippen molar-refractivity contribution in [1.29, 1.82) is 0 Å². The fraction of sp³-hybridized carbons (Fsp3) is 0.444. The predicted octanol–water partition coefficient (Wildman–Crippen LogP) is 3.34. The maximum atomic E-state index is 13.4. The van der Waals surface area contributed by atoms with Crippen molar-refractivity contribution in [2.75, 3.05) is 7.05 Å². The molecule has 29 heavy (non-hydrogen) atoms. The van der Waals surface area contributed by atoms with E-state index in [4.69, 9.17) is 4.18 Å². The molecule has 0 saturated heterocycles. The normalized spacial score (nSPS) is 17.3. The highest BCUT2D eigenvalue weighted by Gasteiger charge is 2.37. The van der Waals surface area contributed by atoms with Gasteiger partial charge in [-0.05, 0) is 38.3 Å². The molecule has 7 nitrogen and oxygen atoms in total. The molecule has 1 aliphatic carbocycles. The standard InChI is InChI=1S/C18H20F3NO6S/c1-11(23)14-5-3-4-6-16(14)29(25,26)28-13-8-7-12(10-27-17(24)22-2)15(9-13)18(19,20)21/h5,7-9,16H,3-4,6,10H2,1-2H3,(H,22,24). The number of nitrogens with one attached hydrogen (secondary N) is 1. The van der Waals surface area contributed by atoms with E-state index in [-0.39, 0.29) is 17.6 Å². The lowest BCUT2D eigenvalue weighted by atomic mass is 9.96. The summed E-state index contributed by atoms with van der Waals surface area (Å²) < 4.78 is 74.9. The first kappa shape index (κ1) is 22.7. The fourth-order valence-electron chi connectivity index (χ4n) is 2.92. The van der Waals surface area contributed by atoms with Crippen molar-refractivity contribution < 1.29 is 40.1 Å². The number of hydrogen-bond donors (Lipinski definition) is 1. The number of Topliss-reactive ketones (excluding diaryl/α,β-unsaturated/α-hetero) is 1. The maximum Gasteiger partial charge on any atom is 0.416 e. The average Bonchev–Trinajstić information content (AvgIpc) is 2.65. The molecule has 1 amide bonds. The third-order valence-electron chi connectivity index (χ3n) is 4.30. The van der Waals surface area contributed by atoms with Crippen LogP contribution in [0.5, 0.6) is 5.75 Å². The number of alkyl halides is 3. The maximum absolute atomic E-state index is 13.4. The molecule has 1 atom stereocenters. The van der Waals surface area contributed by atoms with Gasteiger partial charge in [-0.15, -0.1) is 0 Å². The minimum absolute atomic E-state index is 0.0721. The first-order valence-electron chi connectivity index (χ1n) is 8.64. The van der Waals surface area contributed by atoms with Gasteiger partial charge in [-0.2, -0.15) is 21.6 Å². The van der Waals surface area contributed by atoms with Crippen LogP contribution < -0.4 is 9.50 Å². The van der Waals surface area contributed by atoms with E-state index in [1.807, 2.05) is 0 Å². The Morgan fingerprint density at radius 2 is 1.97 bits per heavy atom. The molecular formula is C18H20F3NO6S. The van der Waals surface area contributed by atoms with Gasteiger partial charge >= 0.3 is 22.4 Å². The molecular weight excluding hydrogens is 415 g/mol. The molecule has 0 bridgehead atoms. The number of benzene rings is 1. The first-order chi connectivity index (χ1) is 13.5. The van der Waals surface area contributed by atoms with Crippen molar-refractivity contribution in [3.8, 4) is 5.75 Å². The molecule has 0 saturated carbocycles. The van der Waals surface area contributed by atoms with E-state index in [1.165, 1.54) is 20.0 Å². The van der Waals surface area contributed by atoms with Gasteiger partial charge in [0.25, 0.3) is 0 Å². The van der Waals surface area contributed by atoms with Crippen LogP contribution in [0.1, 0.15) is 37.3 Å². The Morgan fingerprint density at radius 1 is 1.28 bits per heavy atom. The number of hydrogen-bond acceptors (Lipinski definition) is 6. The van der Waals surface area contributed by atoms with Crippen LogP contribution in [0, 0.1) is 0 Å². The zero-order valence-electron chi connectivity index (χ0n) is 15.7. The Bertz CT molecular complexity index is 924. The Balaban J connectivity index is 2.33. The molecule has 0 aliphatic heterocycles. The van der Waals surface area contributed by atoms with E-state index in [2.05, 4.69) is 10.1 Å². The molecule has 0 radical (unpaired) electrons. The zero-order chi connectivity index (χ0) is 21.8. The number of amides is 1. The molecule has 1 aromatic rings. The van der Waals surface area contributed by atoms with Gasteiger partial charge in [0.1, 0.15) is 17.6 Å². The minimum atomic E-state index is -4.83. The second-order valence-corrected chi connectivity index (χ2v) is 8.08. The van der Waals surface area contributed by atoms with Crippen molar-refractivity contribution in [1.82, 2.24) is 5.32 Å². The summed E-state index contributed by atoms with van der Waals surface area (Å²) in [7, 11) is -3.13. The summed E-state index contributed by atoms with van der Waals surface area (Å²) in [5.74, 6) is -0.978. The number of carbonyl (C=O) groups excluding carboxylic acids is 2. The Labute approximate surface area is 166 Å².